The van der Waals surface area contributed by atoms with E-state index in [9.17, 15) is 9.59 Å². The Morgan fingerprint density at radius 3 is 2.62 bits per heavy atom. The fourth-order valence-electron chi connectivity index (χ4n) is 4.81. The molecule has 174 valence electrons. The van der Waals surface area contributed by atoms with Crippen LogP contribution >= 0.6 is 0 Å². The molecule has 1 N–H and O–H groups in total. The first kappa shape index (κ1) is 22.6. The predicted molar refractivity (Wildman–Crippen MR) is 122 cm³/mol. The molecule has 4 rings (SSSR count). The van der Waals surface area contributed by atoms with Crippen LogP contribution in [-0.2, 0) is 11.8 Å². The highest BCUT2D eigenvalue weighted by Crippen LogP contribution is 2.32. The van der Waals surface area contributed by atoms with Crippen LogP contribution in [0.2, 0.25) is 0 Å². The lowest BCUT2D eigenvalue weighted by atomic mass is 9.96. The van der Waals surface area contributed by atoms with Gasteiger partial charge in [-0.05, 0) is 39.0 Å². The normalized spacial score (nSPS) is 21.9. The minimum Gasteiger partial charge on any atom is -0.362 e. The molecule has 3 heterocycles. The van der Waals surface area contributed by atoms with Crippen molar-refractivity contribution in [3.63, 3.8) is 0 Å². The lowest BCUT2D eigenvalue weighted by Gasteiger charge is -2.27. The van der Waals surface area contributed by atoms with Gasteiger partial charge in [-0.2, -0.15) is 0 Å². The van der Waals surface area contributed by atoms with Crippen molar-refractivity contribution in [3.05, 3.63) is 45.2 Å². The Morgan fingerprint density at radius 2 is 1.94 bits per heavy atom. The molecule has 1 saturated carbocycles. The molecule has 0 saturated heterocycles. The molecule has 8 heteroatoms. The summed E-state index contributed by atoms with van der Waals surface area (Å²) in [5, 5.41) is 6.82. The SMILES string of the molecule is Cc1c(C(=O)Nc2c(C)n(C)n(C3CCCCC3)c2=O)noc1[C@@H]1C=CC[C@H](C(C)C)O1. The third-order valence-corrected chi connectivity index (χ3v) is 6.93. The summed E-state index contributed by atoms with van der Waals surface area (Å²) in [6, 6.07) is 0.176. The lowest BCUT2D eigenvalue weighted by molar-refractivity contribution is -0.0317. The fourth-order valence-corrected chi connectivity index (χ4v) is 4.81. The zero-order valence-electron chi connectivity index (χ0n) is 19.7. The highest BCUT2D eigenvalue weighted by molar-refractivity contribution is 6.04. The maximum absolute atomic E-state index is 13.2. The summed E-state index contributed by atoms with van der Waals surface area (Å²) in [4.78, 5) is 26.2. The summed E-state index contributed by atoms with van der Waals surface area (Å²) in [7, 11) is 1.87. The van der Waals surface area contributed by atoms with Crippen molar-refractivity contribution < 1.29 is 14.1 Å². The number of rotatable bonds is 5. The summed E-state index contributed by atoms with van der Waals surface area (Å²) in [6.07, 6.45) is 10.0. The standard InChI is InChI=1S/C24H34N4O4/c1-14(2)18-12-9-13-19(31-18)22-15(3)20(26-32-22)23(29)25-21-16(4)27(5)28(24(21)30)17-10-7-6-8-11-17/h9,13-14,17-19H,6-8,10-12H2,1-5H3,(H,25,29)/t18-,19+/m1/s1. The Kier molecular flexibility index (Phi) is 6.42. The first-order chi connectivity index (χ1) is 15.3. The zero-order valence-corrected chi connectivity index (χ0v) is 19.7. The number of aromatic nitrogens is 3. The van der Waals surface area contributed by atoms with Crippen LogP contribution in [0.25, 0.3) is 0 Å². The molecule has 1 fully saturated rings. The van der Waals surface area contributed by atoms with Crippen LogP contribution in [0, 0.1) is 19.8 Å². The number of anilines is 1. The molecular formula is C24H34N4O4. The number of carbonyl (C=O) groups is 1. The topological polar surface area (TPSA) is 91.3 Å². The summed E-state index contributed by atoms with van der Waals surface area (Å²) in [5.41, 5.74) is 1.68. The van der Waals surface area contributed by atoms with Crippen molar-refractivity contribution in [2.24, 2.45) is 13.0 Å². The van der Waals surface area contributed by atoms with Crippen molar-refractivity contribution >= 4 is 11.6 Å². The number of nitrogens with zero attached hydrogens (tertiary/aromatic N) is 3. The maximum atomic E-state index is 13.2. The van der Waals surface area contributed by atoms with Gasteiger partial charge in [-0.15, -0.1) is 0 Å². The first-order valence-electron chi connectivity index (χ1n) is 11.7. The van der Waals surface area contributed by atoms with E-state index in [-0.39, 0.29) is 29.5 Å². The maximum Gasteiger partial charge on any atom is 0.291 e. The Hall–Kier alpha value is -2.61. The van der Waals surface area contributed by atoms with Gasteiger partial charge in [0.15, 0.2) is 11.5 Å². The van der Waals surface area contributed by atoms with Gasteiger partial charge in [-0.1, -0.05) is 50.4 Å². The van der Waals surface area contributed by atoms with Gasteiger partial charge in [0.05, 0.1) is 17.8 Å². The number of nitrogens with one attached hydrogen (secondary N) is 1. The number of amides is 1. The van der Waals surface area contributed by atoms with Gasteiger partial charge in [0.2, 0.25) is 0 Å². The molecule has 8 nitrogen and oxygen atoms in total. The second-order valence-electron chi connectivity index (χ2n) is 9.40. The summed E-state index contributed by atoms with van der Waals surface area (Å²) in [6.45, 7) is 7.89. The molecule has 2 aromatic rings. The van der Waals surface area contributed by atoms with Gasteiger partial charge in [0.1, 0.15) is 11.8 Å². The highest BCUT2D eigenvalue weighted by Gasteiger charge is 2.30. The minimum absolute atomic E-state index is 0.0944. The van der Waals surface area contributed by atoms with E-state index in [2.05, 4.69) is 30.4 Å². The molecule has 0 aromatic carbocycles. The zero-order chi connectivity index (χ0) is 23.0. The average molecular weight is 443 g/mol. The van der Waals surface area contributed by atoms with Crippen LogP contribution in [0.3, 0.4) is 0 Å². The number of hydrogen-bond acceptors (Lipinski definition) is 5. The molecule has 1 aliphatic heterocycles. The summed E-state index contributed by atoms with van der Waals surface area (Å²) >= 11 is 0. The smallest absolute Gasteiger partial charge is 0.291 e. The second kappa shape index (κ2) is 9.10. The van der Waals surface area contributed by atoms with Crippen LogP contribution < -0.4 is 10.9 Å². The van der Waals surface area contributed by atoms with E-state index in [1.807, 2.05) is 24.7 Å². The first-order valence-corrected chi connectivity index (χ1v) is 11.7. The third kappa shape index (κ3) is 4.08. The van der Waals surface area contributed by atoms with Crippen molar-refractivity contribution in [3.8, 4) is 0 Å². The van der Waals surface area contributed by atoms with Crippen LogP contribution in [0.15, 0.2) is 21.5 Å². The Balaban J connectivity index is 1.56. The Labute approximate surface area is 188 Å². The molecule has 0 bridgehead atoms. The molecule has 1 aliphatic carbocycles. The van der Waals surface area contributed by atoms with E-state index in [1.165, 1.54) is 6.42 Å². The van der Waals surface area contributed by atoms with E-state index < -0.39 is 5.91 Å². The van der Waals surface area contributed by atoms with Crippen LogP contribution in [0.5, 0.6) is 0 Å². The van der Waals surface area contributed by atoms with E-state index >= 15 is 0 Å². The summed E-state index contributed by atoms with van der Waals surface area (Å²) < 4.78 is 15.3. The molecule has 2 aliphatic rings. The average Bonchev–Trinajstić information content (AvgIpc) is 3.27. The largest absolute Gasteiger partial charge is 0.362 e. The number of ether oxygens (including phenoxy) is 1. The molecule has 2 atom stereocenters. The molecule has 2 aromatic heterocycles. The predicted octanol–water partition coefficient (Wildman–Crippen LogP) is 4.59. The third-order valence-electron chi connectivity index (χ3n) is 6.93. The fraction of sp³-hybridized carbons (Fsp3) is 0.625. The molecule has 32 heavy (non-hydrogen) atoms. The summed E-state index contributed by atoms with van der Waals surface area (Å²) in [5.74, 6) is 0.460. The van der Waals surface area contributed by atoms with E-state index in [4.69, 9.17) is 9.26 Å². The van der Waals surface area contributed by atoms with Gasteiger partial charge in [0, 0.05) is 12.6 Å². The van der Waals surface area contributed by atoms with Crippen molar-refractivity contribution in [1.82, 2.24) is 14.5 Å². The number of hydrogen-bond donors (Lipinski definition) is 1. The Bertz CT molecular complexity index is 1070. The van der Waals surface area contributed by atoms with Crippen LogP contribution in [0.1, 0.15) is 92.0 Å². The number of carbonyl (C=O) groups excluding carboxylic acids is 1. The van der Waals surface area contributed by atoms with Gasteiger partial charge in [0.25, 0.3) is 11.5 Å². The van der Waals surface area contributed by atoms with Crippen LogP contribution in [0.4, 0.5) is 5.69 Å². The second-order valence-corrected chi connectivity index (χ2v) is 9.40. The van der Waals surface area contributed by atoms with E-state index in [0.717, 1.165) is 37.8 Å². The molecule has 1 amide bonds. The monoisotopic (exact) mass is 442 g/mol. The highest BCUT2D eigenvalue weighted by atomic mass is 16.5. The van der Waals surface area contributed by atoms with Gasteiger partial charge < -0.3 is 14.6 Å². The molecule has 0 unspecified atom stereocenters. The van der Waals surface area contributed by atoms with E-state index in [0.29, 0.717) is 22.9 Å². The van der Waals surface area contributed by atoms with Gasteiger partial charge in [-0.25, -0.2) is 4.68 Å². The Morgan fingerprint density at radius 1 is 1.22 bits per heavy atom. The lowest BCUT2D eigenvalue weighted by Crippen LogP contribution is -2.29. The van der Waals surface area contributed by atoms with Crippen molar-refractivity contribution in [2.45, 2.75) is 84.5 Å². The van der Waals surface area contributed by atoms with Gasteiger partial charge in [-0.3, -0.25) is 14.3 Å². The molecule has 0 radical (unpaired) electrons. The minimum atomic E-state index is -0.445. The van der Waals surface area contributed by atoms with Crippen molar-refractivity contribution in [2.75, 3.05) is 5.32 Å². The van der Waals surface area contributed by atoms with Crippen LogP contribution in [-0.4, -0.2) is 26.5 Å². The quantitative estimate of drug-likeness (QED) is 0.684. The molecular weight excluding hydrogens is 408 g/mol. The molecule has 0 spiro atoms. The van der Waals surface area contributed by atoms with Crippen molar-refractivity contribution in [1.29, 1.82) is 0 Å². The van der Waals surface area contributed by atoms with E-state index in [1.54, 1.807) is 11.6 Å². The van der Waals surface area contributed by atoms with Gasteiger partial charge >= 0.3 is 0 Å².